The molecule has 1 atom stereocenters. The molecule has 3 aliphatic rings. The van der Waals surface area contributed by atoms with Gasteiger partial charge in [-0.25, -0.2) is 8.42 Å². The number of likely N-dealkylation sites (N-methyl/N-ethyl adjacent to an activating group) is 1. The van der Waals surface area contributed by atoms with E-state index in [1.165, 1.54) is 23.5 Å². The molecular formula is C27H36N4O4S2. The van der Waals surface area contributed by atoms with E-state index in [0.717, 1.165) is 81.6 Å². The Kier molecular flexibility index (Phi) is 7.72. The molecule has 10 heteroatoms. The monoisotopic (exact) mass is 544 g/mol. The molecule has 2 fully saturated rings. The molecular weight excluding hydrogens is 508 g/mol. The molecule has 1 aromatic heterocycles. The zero-order valence-corrected chi connectivity index (χ0v) is 23.3. The van der Waals surface area contributed by atoms with Gasteiger partial charge in [-0.3, -0.25) is 9.59 Å². The third kappa shape index (κ3) is 5.34. The van der Waals surface area contributed by atoms with Crippen molar-refractivity contribution in [3.63, 3.8) is 0 Å². The second-order valence-electron chi connectivity index (χ2n) is 10.5. The Hall–Kier alpha value is -2.27. The third-order valence-electron chi connectivity index (χ3n) is 7.80. The Labute approximate surface area is 223 Å². The van der Waals surface area contributed by atoms with Gasteiger partial charge in [0.2, 0.25) is 10.0 Å². The van der Waals surface area contributed by atoms with E-state index >= 15 is 0 Å². The summed E-state index contributed by atoms with van der Waals surface area (Å²) in [6.45, 7) is 5.61. The van der Waals surface area contributed by atoms with E-state index in [1.807, 2.05) is 11.8 Å². The van der Waals surface area contributed by atoms with Crippen LogP contribution in [0.3, 0.4) is 0 Å². The Balaban J connectivity index is 1.38. The average Bonchev–Trinajstić information content (AvgIpc) is 3.25. The molecule has 4 heterocycles. The number of hydrogen-bond donors (Lipinski definition) is 1. The van der Waals surface area contributed by atoms with E-state index in [1.54, 1.807) is 16.4 Å². The predicted molar refractivity (Wildman–Crippen MR) is 146 cm³/mol. The summed E-state index contributed by atoms with van der Waals surface area (Å²) in [5.74, 6) is -0.330. The topological polar surface area (TPSA) is 90.0 Å². The van der Waals surface area contributed by atoms with Crippen LogP contribution in [-0.4, -0.2) is 73.6 Å². The summed E-state index contributed by atoms with van der Waals surface area (Å²) in [6, 6.07) is 6.12. The maximum Gasteiger partial charge on any atom is 0.257 e. The minimum atomic E-state index is -3.60. The maximum absolute atomic E-state index is 13.6. The first-order valence-corrected chi connectivity index (χ1v) is 15.6. The average molecular weight is 545 g/mol. The molecule has 1 unspecified atom stereocenters. The second-order valence-corrected chi connectivity index (χ2v) is 13.5. The van der Waals surface area contributed by atoms with E-state index in [0.29, 0.717) is 22.7 Å². The van der Waals surface area contributed by atoms with Crippen LogP contribution in [0.15, 0.2) is 29.2 Å². The lowest BCUT2D eigenvalue weighted by molar-refractivity contribution is 0.0724. The molecule has 0 spiro atoms. The number of carbonyl (C=O) groups excluding carboxylic acids is 2. The van der Waals surface area contributed by atoms with Crippen LogP contribution in [0.25, 0.3) is 0 Å². The molecule has 2 saturated heterocycles. The molecule has 3 aliphatic heterocycles. The van der Waals surface area contributed by atoms with Crippen LogP contribution in [-0.2, 0) is 23.0 Å². The van der Waals surface area contributed by atoms with E-state index < -0.39 is 10.0 Å². The van der Waals surface area contributed by atoms with Crippen LogP contribution >= 0.6 is 11.3 Å². The van der Waals surface area contributed by atoms with Crippen LogP contribution in [0.5, 0.6) is 0 Å². The molecule has 1 N–H and O–H groups in total. The largest absolute Gasteiger partial charge is 0.339 e. The van der Waals surface area contributed by atoms with Gasteiger partial charge >= 0.3 is 0 Å². The summed E-state index contributed by atoms with van der Waals surface area (Å²) < 4.78 is 27.9. The number of fused-ring (bicyclic) bond motifs is 1. The van der Waals surface area contributed by atoms with Gasteiger partial charge in [0, 0.05) is 49.2 Å². The molecule has 0 bridgehead atoms. The van der Waals surface area contributed by atoms with Crippen molar-refractivity contribution in [1.82, 2.24) is 14.1 Å². The number of hydrogen-bond acceptors (Lipinski definition) is 6. The number of amides is 2. The van der Waals surface area contributed by atoms with E-state index in [4.69, 9.17) is 0 Å². The number of piperidine rings is 2. The fourth-order valence-electron chi connectivity index (χ4n) is 5.62. The molecule has 5 rings (SSSR count). The number of likely N-dealkylation sites (tertiary alicyclic amines) is 1. The highest BCUT2D eigenvalue weighted by Crippen LogP contribution is 2.38. The standard InChI is InChI=1S/C27H36N4O4S2/c1-19-8-4-7-16-31(19)37(34,35)21-11-9-20(10-12-21)25(32)28-26-24(27(33)30-14-5-3-6-15-30)22-13-17-29(2)18-23(22)36-26/h9-12,19H,3-8,13-18H2,1-2H3,(H,28,32). The first-order chi connectivity index (χ1) is 17.8. The summed E-state index contributed by atoms with van der Waals surface area (Å²) in [7, 11) is -1.54. The normalized spacial score (nSPS) is 21.5. The first kappa shape index (κ1) is 26.3. The number of benzene rings is 1. The number of nitrogens with one attached hydrogen (secondary N) is 1. The highest BCUT2D eigenvalue weighted by Gasteiger charge is 2.32. The number of carbonyl (C=O) groups is 2. The maximum atomic E-state index is 13.6. The summed E-state index contributed by atoms with van der Waals surface area (Å²) in [6.07, 6.45) is 6.71. The van der Waals surface area contributed by atoms with Gasteiger partial charge in [-0.05, 0) is 82.3 Å². The molecule has 1 aromatic carbocycles. The molecule has 0 saturated carbocycles. The van der Waals surface area contributed by atoms with Crippen LogP contribution in [0.4, 0.5) is 5.00 Å². The van der Waals surface area contributed by atoms with Crippen molar-refractivity contribution in [2.24, 2.45) is 0 Å². The lowest BCUT2D eigenvalue weighted by Crippen LogP contribution is -2.41. The minimum Gasteiger partial charge on any atom is -0.339 e. The van der Waals surface area contributed by atoms with Crippen molar-refractivity contribution in [2.45, 2.75) is 69.4 Å². The summed E-state index contributed by atoms with van der Waals surface area (Å²) in [5.41, 5.74) is 2.07. The van der Waals surface area contributed by atoms with Gasteiger partial charge in [0.05, 0.1) is 10.5 Å². The van der Waals surface area contributed by atoms with Gasteiger partial charge in [-0.15, -0.1) is 11.3 Å². The fourth-order valence-corrected chi connectivity index (χ4v) is 8.63. The van der Waals surface area contributed by atoms with Gasteiger partial charge in [0.1, 0.15) is 5.00 Å². The van der Waals surface area contributed by atoms with Crippen LogP contribution in [0.1, 0.15) is 76.6 Å². The van der Waals surface area contributed by atoms with Gasteiger partial charge in [-0.2, -0.15) is 4.31 Å². The summed E-state index contributed by atoms with van der Waals surface area (Å²) >= 11 is 1.48. The quantitative estimate of drug-likeness (QED) is 0.610. The number of anilines is 1. The number of nitrogens with zero attached hydrogens (tertiary/aromatic N) is 3. The fraction of sp³-hybridized carbons (Fsp3) is 0.556. The second kappa shape index (κ2) is 10.8. The molecule has 0 aliphatic carbocycles. The Bertz CT molecular complexity index is 1270. The Morgan fingerprint density at radius 1 is 0.973 bits per heavy atom. The number of sulfonamides is 1. The zero-order valence-electron chi connectivity index (χ0n) is 21.7. The summed E-state index contributed by atoms with van der Waals surface area (Å²) in [4.78, 5) is 32.3. The Morgan fingerprint density at radius 2 is 1.68 bits per heavy atom. The zero-order chi connectivity index (χ0) is 26.2. The minimum absolute atomic E-state index is 0.00847. The van der Waals surface area contributed by atoms with Crippen molar-refractivity contribution in [3.8, 4) is 0 Å². The lowest BCUT2D eigenvalue weighted by Gasteiger charge is -2.32. The van der Waals surface area contributed by atoms with E-state index in [9.17, 15) is 18.0 Å². The van der Waals surface area contributed by atoms with Crippen LogP contribution in [0, 0.1) is 0 Å². The van der Waals surface area contributed by atoms with Crippen molar-refractivity contribution >= 4 is 38.2 Å². The van der Waals surface area contributed by atoms with Gasteiger partial charge < -0.3 is 15.1 Å². The van der Waals surface area contributed by atoms with Crippen molar-refractivity contribution < 1.29 is 18.0 Å². The van der Waals surface area contributed by atoms with Gasteiger partial charge in [0.15, 0.2) is 0 Å². The Morgan fingerprint density at radius 3 is 2.38 bits per heavy atom. The highest BCUT2D eigenvalue weighted by atomic mass is 32.2. The summed E-state index contributed by atoms with van der Waals surface area (Å²) in [5, 5.41) is 3.60. The third-order valence-corrected chi connectivity index (χ3v) is 11.0. The lowest BCUT2D eigenvalue weighted by atomic mass is 10.0. The van der Waals surface area contributed by atoms with Gasteiger partial charge in [0.25, 0.3) is 11.8 Å². The first-order valence-electron chi connectivity index (χ1n) is 13.3. The predicted octanol–water partition coefficient (Wildman–Crippen LogP) is 4.18. The van der Waals surface area contributed by atoms with Crippen molar-refractivity contribution in [1.29, 1.82) is 0 Å². The number of thiophene rings is 1. The molecule has 200 valence electrons. The number of rotatable bonds is 5. The van der Waals surface area contributed by atoms with Gasteiger partial charge in [-0.1, -0.05) is 6.42 Å². The molecule has 8 nitrogen and oxygen atoms in total. The molecule has 0 radical (unpaired) electrons. The smallest absolute Gasteiger partial charge is 0.257 e. The molecule has 37 heavy (non-hydrogen) atoms. The molecule has 2 amide bonds. The SMILES string of the molecule is CC1CCCCN1S(=O)(=O)c1ccc(C(=O)Nc2sc3c(c2C(=O)N2CCCCC2)CCN(C)C3)cc1. The van der Waals surface area contributed by atoms with E-state index in [-0.39, 0.29) is 22.8 Å². The molecule has 2 aromatic rings. The van der Waals surface area contributed by atoms with Crippen LogP contribution in [0.2, 0.25) is 0 Å². The van der Waals surface area contributed by atoms with Crippen molar-refractivity contribution in [3.05, 3.63) is 45.8 Å². The van der Waals surface area contributed by atoms with Crippen LogP contribution < -0.4 is 5.32 Å². The highest BCUT2D eigenvalue weighted by molar-refractivity contribution is 7.89. The van der Waals surface area contributed by atoms with E-state index in [2.05, 4.69) is 17.3 Å². The van der Waals surface area contributed by atoms with Crippen molar-refractivity contribution in [2.75, 3.05) is 38.5 Å².